The lowest BCUT2D eigenvalue weighted by molar-refractivity contribution is 0.263. The molecule has 3 fully saturated rings. The van der Waals surface area contributed by atoms with Crippen molar-refractivity contribution in [2.45, 2.75) is 24.2 Å². The quantitative estimate of drug-likeness (QED) is 0.298. The summed E-state index contributed by atoms with van der Waals surface area (Å²) in [4.78, 5) is 0. The first-order valence-corrected chi connectivity index (χ1v) is 11.8. The maximum atomic E-state index is 5.83. The molecule has 0 spiro atoms. The molecule has 0 saturated carbocycles. The summed E-state index contributed by atoms with van der Waals surface area (Å²) in [5.74, 6) is 2.64. The van der Waals surface area contributed by atoms with Crippen molar-refractivity contribution in [2.24, 2.45) is 0 Å². The minimum atomic E-state index is 0.0717. The van der Waals surface area contributed by atoms with Gasteiger partial charge >= 0.3 is 0 Å². The standard InChI is InChI=1S/C28H28O6/c1-7-22(29-13-25-16-32-25)8-2-19(1)28(20-3-9-23(10-4-20)30-14-26-17-33-26)21-5-11-24(12-6-21)31-15-27-18-34-27/h1-12,25-28H,13-18H2/t25-,26?,27?,28?/m1/s1. The van der Waals surface area contributed by atoms with E-state index in [2.05, 4.69) is 36.4 Å². The minimum absolute atomic E-state index is 0.0717. The van der Waals surface area contributed by atoms with Gasteiger partial charge in [0, 0.05) is 5.92 Å². The van der Waals surface area contributed by atoms with Crippen LogP contribution in [0.4, 0.5) is 0 Å². The van der Waals surface area contributed by atoms with E-state index in [0.717, 1.165) is 37.1 Å². The van der Waals surface area contributed by atoms with Crippen molar-refractivity contribution in [3.05, 3.63) is 89.5 Å². The van der Waals surface area contributed by atoms with E-state index in [1.54, 1.807) is 0 Å². The molecule has 6 rings (SSSR count). The van der Waals surface area contributed by atoms with Crippen molar-refractivity contribution in [1.29, 1.82) is 0 Å². The molecule has 6 nitrogen and oxygen atoms in total. The van der Waals surface area contributed by atoms with Gasteiger partial charge in [-0.15, -0.1) is 0 Å². The summed E-state index contributed by atoms with van der Waals surface area (Å²) in [6, 6.07) is 25.0. The Morgan fingerprint density at radius 3 is 1.00 bits per heavy atom. The molecule has 0 N–H and O–H groups in total. The highest BCUT2D eigenvalue weighted by Crippen LogP contribution is 2.35. The number of rotatable bonds is 12. The van der Waals surface area contributed by atoms with Crippen molar-refractivity contribution < 1.29 is 28.4 Å². The van der Waals surface area contributed by atoms with Gasteiger partial charge in [0.25, 0.3) is 0 Å². The van der Waals surface area contributed by atoms with Crippen LogP contribution in [0.3, 0.4) is 0 Å². The van der Waals surface area contributed by atoms with E-state index in [0.29, 0.717) is 19.8 Å². The van der Waals surface area contributed by atoms with Gasteiger partial charge in [0.2, 0.25) is 0 Å². The van der Waals surface area contributed by atoms with Gasteiger partial charge in [-0.25, -0.2) is 0 Å². The molecular formula is C28H28O6. The molecule has 176 valence electrons. The topological polar surface area (TPSA) is 65.3 Å². The van der Waals surface area contributed by atoms with Crippen LogP contribution in [0.1, 0.15) is 22.6 Å². The molecule has 3 aromatic rings. The van der Waals surface area contributed by atoms with E-state index in [9.17, 15) is 0 Å². The highest BCUT2D eigenvalue weighted by atomic mass is 16.6. The third-order valence-corrected chi connectivity index (χ3v) is 6.16. The van der Waals surface area contributed by atoms with Crippen molar-refractivity contribution in [2.75, 3.05) is 39.6 Å². The SMILES string of the molecule is c1cc(C(c2ccc(OCC3CO3)cc2)c2ccc(OC[C@@H]3CO3)cc2)ccc1OCC1CO1. The van der Waals surface area contributed by atoms with Crippen LogP contribution < -0.4 is 14.2 Å². The molecule has 0 bridgehead atoms. The molecule has 3 aliphatic heterocycles. The largest absolute Gasteiger partial charge is 0.491 e. The Hall–Kier alpha value is -3.06. The highest BCUT2D eigenvalue weighted by molar-refractivity contribution is 5.46. The Labute approximate surface area is 199 Å². The van der Waals surface area contributed by atoms with Gasteiger partial charge in [0.1, 0.15) is 55.4 Å². The summed E-state index contributed by atoms with van der Waals surface area (Å²) in [5.41, 5.74) is 3.57. The Bertz CT molecular complexity index is 926. The Kier molecular flexibility index (Phi) is 6.10. The zero-order valence-electron chi connectivity index (χ0n) is 18.9. The van der Waals surface area contributed by atoms with Crippen LogP contribution in [0.2, 0.25) is 0 Å². The fraction of sp³-hybridized carbons (Fsp3) is 0.357. The van der Waals surface area contributed by atoms with Crippen LogP contribution >= 0.6 is 0 Å². The fourth-order valence-corrected chi connectivity index (χ4v) is 3.91. The van der Waals surface area contributed by atoms with Gasteiger partial charge in [0.15, 0.2) is 0 Å². The van der Waals surface area contributed by atoms with E-state index in [4.69, 9.17) is 28.4 Å². The molecule has 3 aromatic carbocycles. The maximum Gasteiger partial charge on any atom is 0.119 e. The maximum absolute atomic E-state index is 5.83. The van der Waals surface area contributed by atoms with Gasteiger partial charge in [0.05, 0.1) is 19.8 Å². The van der Waals surface area contributed by atoms with Crippen LogP contribution in [0.25, 0.3) is 0 Å². The highest BCUT2D eigenvalue weighted by Gasteiger charge is 2.25. The molecule has 3 aliphatic rings. The second-order valence-electron chi connectivity index (χ2n) is 8.94. The third-order valence-electron chi connectivity index (χ3n) is 6.16. The molecular weight excluding hydrogens is 432 g/mol. The van der Waals surface area contributed by atoms with Crippen molar-refractivity contribution >= 4 is 0 Å². The summed E-state index contributed by atoms with van der Waals surface area (Å²) in [6.45, 7) is 4.18. The average molecular weight is 461 g/mol. The lowest BCUT2D eigenvalue weighted by Gasteiger charge is -2.20. The summed E-state index contributed by atoms with van der Waals surface area (Å²) in [6.07, 6.45) is 0.727. The normalized spacial score (nSPS) is 23.1. The molecule has 3 heterocycles. The average Bonchev–Trinajstić information content (AvgIpc) is 3.73. The smallest absolute Gasteiger partial charge is 0.119 e. The molecule has 3 saturated heterocycles. The summed E-state index contributed by atoms with van der Waals surface area (Å²) >= 11 is 0. The minimum Gasteiger partial charge on any atom is -0.491 e. The Morgan fingerprint density at radius 1 is 0.500 bits per heavy atom. The number of ether oxygens (including phenoxy) is 6. The number of hydrogen-bond donors (Lipinski definition) is 0. The first-order valence-electron chi connectivity index (χ1n) is 11.8. The van der Waals surface area contributed by atoms with Crippen molar-refractivity contribution in [3.8, 4) is 17.2 Å². The Balaban J connectivity index is 1.22. The first-order chi connectivity index (χ1) is 16.8. The number of epoxide rings is 3. The zero-order valence-corrected chi connectivity index (χ0v) is 18.9. The lowest BCUT2D eigenvalue weighted by Crippen LogP contribution is -2.07. The molecule has 2 unspecified atom stereocenters. The molecule has 0 aromatic heterocycles. The van der Waals surface area contributed by atoms with E-state index in [1.807, 2.05) is 36.4 Å². The van der Waals surface area contributed by atoms with E-state index in [-0.39, 0.29) is 24.2 Å². The van der Waals surface area contributed by atoms with Crippen molar-refractivity contribution in [1.82, 2.24) is 0 Å². The Morgan fingerprint density at radius 2 is 0.765 bits per heavy atom. The van der Waals surface area contributed by atoms with Gasteiger partial charge in [-0.1, -0.05) is 36.4 Å². The second kappa shape index (κ2) is 9.66. The van der Waals surface area contributed by atoms with E-state index in [1.165, 1.54) is 16.7 Å². The van der Waals surface area contributed by atoms with Gasteiger partial charge < -0.3 is 28.4 Å². The predicted octanol–water partition coefficient (Wildman–Crippen LogP) is 4.20. The molecule has 34 heavy (non-hydrogen) atoms. The predicted molar refractivity (Wildman–Crippen MR) is 126 cm³/mol. The van der Waals surface area contributed by atoms with Gasteiger partial charge in [-0.3, -0.25) is 0 Å². The molecule has 3 atom stereocenters. The van der Waals surface area contributed by atoms with Crippen LogP contribution in [0, 0.1) is 0 Å². The van der Waals surface area contributed by atoms with Crippen LogP contribution in [-0.4, -0.2) is 58.0 Å². The van der Waals surface area contributed by atoms with E-state index < -0.39 is 0 Å². The first kappa shape index (κ1) is 21.5. The zero-order chi connectivity index (χ0) is 22.7. The lowest BCUT2D eigenvalue weighted by atomic mass is 9.85. The molecule has 0 aliphatic carbocycles. The molecule has 0 radical (unpaired) electrons. The monoisotopic (exact) mass is 460 g/mol. The number of benzene rings is 3. The van der Waals surface area contributed by atoms with Crippen molar-refractivity contribution in [3.63, 3.8) is 0 Å². The van der Waals surface area contributed by atoms with Crippen LogP contribution in [0.5, 0.6) is 17.2 Å². The molecule has 6 heteroatoms. The summed E-state index contributed by atoms with van der Waals surface area (Å²) < 4.78 is 33.2. The number of hydrogen-bond acceptors (Lipinski definition) is 6. The fourth-order valence-electron chi connectivity index (χ4n) is 3.91. The summed E-state index contributed by atoms with van der Waals surface area (Å²) in [7, 11) is 0. The van der Waals surface area contributed by atoms with Crippen LogP contribution in [-0.2, 0) is 14.2 Å². The third kappa shape index (κ3) is 5.70. The summed E-state index contributed by atoms with van der Waals surface area (Å²) in [5, 5.41) is 0. The van der Waals surface area contributed by atoms with Gasteiger partial charge in [-0.05, 0) is 53.1 Å². The second-order valence-corrected chi connectivity index (χ2v) is 8.94. The van der Waals surface area contributed by atoms with Crippen LogP contribution in [0.15, 0.2) is 72.8 Å². The van der Waals surface area contributed by atoms with E-state index >= 15 is 0 Å². The van der Waals surface area contributed by atoms with Gasteiger partial charge in [-0.2, -0.15) is 0 Å². The molecule has 0 amide bonds.